The van der Waals surface area contributed by atoms with E-state index in [-0.39, 0.29) is 5.82 Å². The average molecular weight is 247 g/mol. The molecule has 1 aromatic rings. The lowest BCUT2D eigenvalue weighted by Crippen LogP contribution is -2.44. The van der Waals surface area contributed by atoms with Gasteiger partial charge in [0, 0.05) is 31.5 Å². The number of carbonyl (C=O) groups excluding carboxylic acids is 1. The van der Waals surface area contributed by atoms with E-state index >= 15 is 0 Å². The highest BCUT2D eigenvalue weighted by atomic mass is 19.1. The molecule has 0 aliphatic carbocycles. The quantitative estimate of drug-likeness (QED) is 0.818. The smallest absolute Gasteiger partial charge is 0.136 e. The summed E-state index contributed by atoms with van der Waals surface area (Å²) in [6.07, 6.45) is 4.75. The van der Waals surface area contributed by atoms with Gasteiger partial charge in [-0.15, -0.1) is 0 Å². The molecule has 0 amide bonds. The van der Waals surface area contributed by atoms with E-state index in [4.69, 9.17) is 0 Å². The van der Waals surface area contributed by atoms with Crippen LogP contribution >= 0.6 is 0 Å². The number of benzene rings is 1. The van der Waals surface area contributed by atoms with E-state index in [2.05, 4.69) is 4.90 Å². The Kier molecular flexibility index (Phi) is 3.16. The van der Waals surface area contributed by atoms with Gasteiger partial charge in [-0.05, 0) is 37.0 Å². The van der Waals surface area contributed by atoms with Crippen LogP contribution in [0.15, 0.2) is 24.3 Å². The Bertz CT molecular complexity index is 426. The van der Waals surface area contributed by atoms with E-state index in [1.807, 2.05) is 12.1 Å². The summed E-state index contributed by atoms with van der Waals surface area (Å²) < 4.78 is 12.8. The first kappa shape index (κ1) is 11.8. The fourth-order valence-corrected chi connectivity index (χ4v) is 3.34. The summed E-state index contributed by atoms with van der Waals surface area (Å²) in [6, 6.07) is 7.68. The van der Waals surface area contributed by atoms with E-state index in [0.29, 0.717) is 17.9 Å². The first-order valence-electron chi connectivity index (χ1n) is 6.74. The monoisotopic (exact) mass is 247 g/mol. The maximum atomic E-state index is 12.8. The topological polar surface area (TPSA) is 20.3 Å². The summed E-state index contributed by atoms with van der Waals surface area (Å²) in [5, 5.41) is 0. The molecule has 2 unspecified atom stereocenters. The fourth-order valence-electron chi connectivity index (χ4n) is 3.34. The Labute approximate surface area is 107 Å². The molecule has 96 valence electrons. The summed E-state index contributed by atoms with van der Waals surface area (Å²) in [5.74, 6) is 0.253. The molecule has 2 aliphatic rings. The highest BCUT2D eigenvalue weighted by Gasteiger charge is 2.39. The van der Waals surface area contributed by atoms with Gasteiger partial charge in [-0.25, -0.2) is 4.39 Å². The largest absolute Gasteiger partial charge is 0.300 e. The third-order valence-electron chi connectivity index (χ3n) is 4.27. The Morgan fingerprint density at radius 3 is 2.33 bits per heavy atom. The van der Waals surface area contributed by atoms with Crippen molar-refractivity contribution in [3.05, 3.63) is 35.6 Å². The molecule has 1 aromatic carbocycles. The SMILES string of the molecule is O=C1CC2CCC(C1)N2CCc1ccc(F)cc1. The van der Waals surface area contributed by atoms with Gasteiger partial charge < -0.3 is 0 Å². The minimum absolute atomic E-state index is 0.178. The van der Waals surface area contributed by atoms with Gasteiger partial charge in [0.05, 0.1) is 0 Å². The molecule has 0 radical (unpaired) electrons. The molecule has 0 spiro atoms. The molecule has 2 saturated heterocycles. The molecule has 0 aromatic heterocycles. The van der Waals surface area contributed by atoms with Crippen LogP contribution in [0.2, 0.25) is 0 Å². The molecule has 2 atom stereocenters. The van der Waals surface area contributed by atoms with Crippen LogP contribution in [0.1, 0.15) is 31.2 Å². The zero-order valence-corrected chi connectivity index (χ0v) is 10.4. The molecule has 3 heteroatoms. The minimum atomic E-state index is -0.178. The number of halogens is 1. The van der Waals surface area contributed by atoms with Crippen LogP contribution in [0, 0.1) is 5.82 Å². The first-order chi connectivity index (χ1) is 8.72. The van der Waals surface area contributed by atoms with Crippen LogP contribution in [-0.4, -0.2) is 29.3 Å². The average Bonchev–Trinajstić information content (AvgIpc) is 2.60. The molecule has 18 heavy (non-hydrogen) atoms. The Morgan fingerprint density at radius 1 is 1.11 bits per heavy atom. The van der Waals surface area contributed by atoms with Crippen molar-refractivity contribution in [2.45, 2.75) is 44.2 Å². The van der Waals surface area contributed by atoms with Gasteiger partial charge in [0.25, 0.3) is 0 Å². The van der Waals surface area contributed by atoms with Crippen LogP contribution in [0.5, 0.6) is 0 Å². The summed E-state index contributed by atoms with van der Waals surface area (Å²) in [5.41, 5.74) is 1.17. The predicted molar refractivity (Wildman–Crippen MR) is 67.9 cm³/mol. The number of fused-ring (bicyclic) bond motifs is 2. The summed E-state index contributed by atoms with van der Waals surface area (Å²) in [6.45, 7) is 0.994. The first-order valence-corrected chi connectivity index (χ1v) is 6.74. The number of hydrogen-bond donors (Lipinski definition) is 0. The molecule has 2 heterocycles. The lowest BCUT2D eigenvalue weighted by Gasteiger charge is -2.33. The molecule has 2 nitrogen and oxygen atoms in total. The number of hydrogen-bond acceptors (Lipinski definition) is 2. The summed E-state index contributed by atoms with van der Waals surface area (Å²) >= 11 is 0. The fraction of sp³-hybridized carbons (Fsp3) is 0.533. The Morgan fingerprint density at radius 2 is 1.72 bits per heavy atom. The maximum Gasteiger partial charge on any atom is 0.136 e. The number of nitrogens with zero attached hydrogens (tertiary/aromatic N) is 1. The lowest BCUT2D eigenvalue weighted by molar-refractivity contribution is -0.123. The van der Waals surface area contributed by atoms with Crippen molar-refractivity contribution in [3.63, 3.8) is 0 Å². The van der Waals surface area contributed by atoms with E-state index in [1.165, 1.54) is 30.5 Å². The molecule has 2 aliphatic heterocycles. The van der Waals surface area contributed by atoms with Crippen molar-refractivity contribution in [3.8, 4) is 0 Å². The van der Waals surface area contributed by atoms with Crippen molar-refractivity contribution in [1.82, 2.24) is 4.90 Å². The highest BCUT2D eigenvalue weighted by molar-refractivity contribution is 5.80. The van der Waals surface area contributed by atoms with Gasteiger partial charge in [0.15, 0.2) is 0 Å². The van der Waals surface area contributed by atoms with E-state index in [9.17, 15) is 9.18 Å². The standard InChI is InChI=1S/C15H18FNO/c16-12-3-1-11(2-4-12)7-8-17-13-5-6-14(17)10-15(18)9-13/h1-4,13-14H,5-10H2. The van der Waals surface area contributed by atoms with Crippen LogP contribution in [0.25, 0.3) is 0 Å². The van der Waals surface area contributed by atoms with Crippen molar-refractivity contribution < 1.29 is 9.18 Å². The number of ketones is 1. The predicted octanol–water partition coefficient (Wildman–Crippen LogP) is 2.56. The van der Waals surface area contributed by atoms with Crippen molar-refractivity contribution in [1.29, 1.82) is 0 Å². The molecular formula is C15H18FNO. The van der Waals surface area contributed by atoms with Crippen LogP contribution in [0.3, 0.4) is 0 Å². The number of Topliss-reactive ketones (excluding diaryl/α,β-unsaturated/α-hetero) is 1. The molecule has 2 bridgehead atoms. The molecular weight excluding hydrogens is 229 g/mol. The molecule has 3 rings (SSSR count). The normalized spacial score (nSPS) is 27.7. The second kappa shape index (κ2) is 4.81. The highest BCUT2D eigenvalue weighted by Crippen LogP contribution is 2.33. The third kappa shape index (κ3) is 2.32. The third-order valence-corrected chi connectivity index (χ3v) is 4.27. The molecule has 2 fully saturated rings. The van der Waals surface area contributed by atoms with Crippen LogP contribution < -0.4 is 0 Å². The summed E-state index contributed by atoms with van der Waals surface area (Å²) in [7, 11) is 0. The van der Waals surface area contributed by atoms with Crippen molar-refractivity contribution in [2.75, 3.05) is 6.54 Å². The zero-order valence-electron chi connectivity index (χ0n) is 10.4. The zero-order chi connectivity index (χ0) is 12.5. The van der Waals surface area contributed by atoms with Gasteiger partial charge >= 0.3 is 0 Å². The van der Waals surface area contributed by atoms with E-state index in [1.54, 1.807) is 0 Å². The Balaban J connectivity index is 1.61. The molecule has 0 saturated carbocycles. The van der Waals surface area contributed by atoms with Gasteiger partial charge in [0.2, 0.25) is 0 Å². The van der Waals surface area contributed by atoms with Gasteiger partial charge in [-0.1, -0.05) is 12.1 Å². The van der Waals surface area contributed by atoms with Gasteiger partial charge in [-0.3, -0.25) is 9.69 Å². The van der Waals surface area contributed by atoms with Gasteiger partial charge in [0.1, 0.15) is 11.6 Å². The van der Waals surface area contributed by atoms with Crippen LogP contribution in [-0.2, 0) is 11.2 Å². The second-order valence-electron chi connectivity index (χ2n) is 5.45. The second-order valence-corrected chi connectivity index (χ2v) is 5.45. The number of carbonyl (C=O) groups is 1. The van der Waals surface area contributed by atoms with Crippen molar-refractivity contribution in [2.24, 2.45) is 0 Å². The van der Waals surface area contributed by atoms with E-state index < -0.39 is 0 Å². The minimum Gasteiger partial charge on any atom is -0.300 e. The van der Waals surface area contributed by atoms with E-state index in [0.717, 1.165) is 25.8 Å². The van der Waals surface area contributed by atoms with Gasteiger partial charge in [-0.2, -0.15) is 0 Å². The number of piperidine rings is 1. The van der Waals surface area contributed by atoms with Crippen LogP contribution in [0.4, 0.5) is 4.39 Å². The maximum absolute atomic E-state index is 12.8. The van der Waals surface area contributed by atoms with Crippen molar-refractivity contribution >= 4 is 5.78 Å². The Hall–Kier alpha value is -1.22. The number of rotatable bonds is 3. The lowest BCUT2D eigenvalue weighted by atomic mass is 10.0. The molecule has 0 N–H and O–H groups in total. The summed E-state index contributed by atoms with van der Waals surface area (Å²) in [4.78, 5) is 14.0.